The highest BCUT2D eigenvalue weighted by Crippen LogP contribution is 2.34. The Morgan fingerprint density at radius 1 is 1.47 bits per heavy atom. The molecular weight excluding hydrogens is 234 g/mol. The second-order valence-electron chi connectivity index (χ2n) is 5.03. The molecular formula is C14H18ClNO. The number of rotatable bonds is 3. The van der Waals surface area contributed by atoms with E-state index in [0.29, 0.717) is 22.4 Å². The summed E-state index contributed by atoms with van der Waals surface area (Å²) in [6, 6.07) is 5.51. The van der Waals surface area contributed by atoms with Crippen molar-refractivity contribution in [2.45, 2.75) is 20.3 Å². The Bertz CT molecular complexity index is 417. The topological polar surface area (TPSA) is 20.3 Å². The van der Waals surface area contributed by atoms with E-state index < -0.39 is 0 Å². The van der Waals surface area contributed by atoms with Crippen LogP contribution >= 0.6 is 11.6 Å². The quantitative estimate of drug-likeness (QED) is 0.765. The molecule has 0 radical (unpaired) electrons. The third kappa shape index (κ3) is 2.47. The van der Waals surface area contributed by atoms with E-state index in [1.807, 2.05) is 18.2 Å². The first-order valence-corrected chi connectivity index (χ1v) is 6.50. The summed E-state index contributed by atoms with van der Waals surface area (Å²) in [5.41, 5.74) is 1.61. The van der Waals surface area contributed by atoms with Crippen LogP contribution in [0.15, 0.2) is 18.2 Å². The predicted octanol–water partition coefficient (Wildman–Crippen LogP) is 3.63. The van der Waals surface area contributed by atoms with Gasteiger partial charge in [-0.25, -0.2) is 0 Å². The summed E-state index contributed by atoms with van der Waals surface area (Å²) in [6.07, 6.45) is 2.07. The molecule has 1 aliphatic rings. The summed E-state index contributed by atoms with van der Waals surface area (Å²) < 4.78 is 0. The number of hydrogen-bond donors (Lipinski definition) is 0. The first-order valence-electron chi connectivity index (χ1n) is 6.12. The second kappa shape index (κ2) is 5.09. The van der Waals surface area contributed by atoms with Gasteiger partial charge in [0.25, 0.3) is 0 Å². The summed E-state index contributed by atoms with van der Waals surface area (Å²) in [5.74, 6) is 1.38. The van der Waals surface area contributed by atoms with Crippen LogP contribution in [0.3, 0.4) is 0 Å². The third-order valence-corrected chi connectivity index (χ3v) is 3.93. The molecule has 0 aliphatic carbocycles. The van der Waals surface area contributed by atoms with Gasteiger partial charge in [-0.3, -0.25) is 4.79 Å². The lowest BCUT2D eigenvalue weighted by Gasteiger charge is -2.22. The van der Waals surface area contributed by atoms with Crippen LogP contribution in [-0.4, -0.2) is 19.4 Å². The van der Waals surface area contributed by atoms with Gasteiger partial charge in [0.15, 0.2) is 6.29 Å². The minimum Gasteiger partial charge on any atom is -0.369 e. The lowest BCUT2D eigenvalue weighted by molar-refractivity contribution is 0.112. The monoisotopic (exact) mass is 251 g/mol. The SMILES string of the molecule is CC(C)C1CCN(c2c(Cl)cccc2C=O)C1. The van der Waals surface area contributed by atoms with Crippen molar-refractivity contribution in [3.63, 3.8) is 0 Å². The Kier molecular flexibility index (Phi) is 3.72. The molecule has 17 heavy (non-hydrogen) atoms. The van der Waals surface area contributed by atoms with Crippen molar-refractivity contribution in [3.8, 4) is 0 Å². The summed E-state index contributed by atoms with van der Waals surface area (Å²) in [6.45, 7) is 6.50. The first kappa shape index (κ1) is 12.4. The van der Waals surface area contributed by atoms with Crippen molar-refractivity contribution in [1.82, 2.24) is 0 Å². The zero-order chi connectivity index (χ0) is 12.4. The van der Waals surface area contributed by atoms with Gasteiger partial charge in [-0.2, -0.15) is 0 Å². The molecule has 0 amide bonds. The van der Waals surface area contributed by atoms with Gasteiger partial charge in [0.2, 0.25) is 0 Å². The highest BCUT2D eigenvalue weighted by atomic mass is 35.5. The standard InChI is InChI=1S/C14H18ClNO/c1-10(2)11-6-7-16(8-11)14-12(9-17)4-3-5-13(14)15/h3-5,9-11H,6-8H2,1-2H3. The largest absolute Gasteiger partial charge is 0.369 e. The van der Waals surface area contributed by atoms with Crippen molar-refractivity contribution in [2.24, 2.45) is 11.8 Å². The molecule has 0 N–H and O–H groups in total. The zero-order valence-corrected chi connectivity index (χ0v) is 11.1. The molecule has 0 bridgehead atoms. The molecule has 0 saturated carbocycles. The Balaban J connectivity index is 2.27. The minimum atomic E-state index is 0.680. The van der Waals surface area contributed by atoms with Crippen LogP contribution in [0.4, 0.5) is 5.69 Å². The van der Waals surface area contributed by atoms with Crippen LogP contribution in [0.2, 0.25) is 5.02 Å². The van der Waals surface area contributed by atoms with Crippen molar-refractivity contribution < 1.29 is 4.79 Å². The number of para-hydroxylation sites is 1. The van der Waals surface area contributed by atoms with Crippen LogP contribution in [0, 0.1) is 11.8 Å². The Morgan fingerprint density at radius 2 is 2.24 bits per heavy atom. The molecule has 0 aromatic heterocycles. The summed E-state index contributed by atoms with van der Waals surface area (Å²) >= 11 is 6.21. The number of carbonyl (C=O) groups is 1. The average molecular weight is 252 g/mol. The Labute approximate surface area is 108 Å². The van der Waals surface area contributed by atoms with Gasteiger partial charge in [0, 0.05) is 18.7 Å². The third-order valence-electron chi connectivity index (χ3n) is 3.63. The Hall–Kier alpha value is -1.02. The molecule has 3 heteroatoms. The van der Waals surface area contributed by atoms with Crippen LogP contribution in [0.1, 0.15) is 30.6 Å². The molecule has 1 aliphatic heterocycles. The fourth-order valence-corrected chi connectivity index (χ4v) is 2.80. The molecule has 1 heterocycles. The number of anilines is 1. The maximum atomic E-state index is 11.1. The molecule has 1 atom stereocenters. The summed E-state index contributed by atoms with van der Waals surface area (Å²) in [5, 5.41) is 0.680. The Morgan fingerprint density at radius 3 is 2.82 bits per heavy atom. The van der Waals surface area contributed by atoms with E-state index in [4.69, 9.17) is 11.6 Å². The van der Waals surface area contributed by atoms with Crippen molar-refractivity contribution in [1.29, 1.82) is 0 Å². The lowest BCUT2D eigenvalue weighted by atomic mass is 9.95. The fraction of sp³-hybridized carbons (Fsp3) is 0.500. The van der Waals surface area contributed by atoms with Gasteiger partial charge in [0.05, 0.1) is 10.7 Å². The molecule has 1 aromatic rings. The smallest absolute Gasteiger partial charge is 0.152 e. The zero-order valence-electron chi connectivity index (χ0n) is 10.3. The van der Waals surface area contributed by atoms with E-state index in [0.717, 1.165) is 25.1 Å². The molecule has 1 fully saturated rings. The van der Waals surface area contributed by atoms with E-state index in [-0.39, 0.29) is 0 Å². The normalized spacial score (nSPS) is 20.0. The van der Waals surface area contributed by atoms with E-state index >= 15 is 0 Å². The molecule has 1 saturated heterocycles. The van der Waals surface area contributed by atoms with Gasteiger partial charge in [-0.15, -0.1) is 0 Å². The van der Waals surface area contributed by atoms with Crippen molar-refractivity contribution in [2.75, 3.05) is 18.0 Å². The van der Waals surface area contributed by atoms with Crippen LogP contribution in [-0.2, 0) is 0 Å². The number of carbonyl (C=O) groups excluding carboxylic acids is 1. The number of aldehydes is 1. The molecule has 2 rings (SSSR count). The van der Waals surface area contributed by atoms with Gasteiger partial charge in [-0.05, 0) is 30.4 Å². The highest BCUT2D eigenvalue weighted by Gasteiger charge is 2.27. The highest BCUT2D eigenvalue weighted by molar-refractivity contribution is 6.33. The number of benzene rings is 1. The van der Waals surface area contributed by atoms with E-state index in [1.54, 1.807) is 0 Å². The fourth-order valence-electron chi connectivity index (χ4n) is 2.50. The second-order valence-corrected chi connectivity index (χ2v) is 5.44. The van der Waals surface area contributed by atoms with Crippen LogP contribution < -0.4 is 4.90 Å². The molecule has 2 nitrogen and oxygen atoms in total. The molecule has 92 valence electrons. The van der Waals surface area contributed by atoms with E-state index in [2.05, 4.69) is 18.7 Å². The van der Waals surface area contributed by atoms with Crippen LogP contribution in [0.25, 0.3) is 0 Å². The van der Waals surface area contributed by atoms with E-state index in [9.17, 15) is 4.79 Å². The van der Waals surface area contributed by atoms with Gasteiger partial charge in [0.1, 0.15) is 0 Å². The molecule has 1 aromatic carbocycles. The summed E-state index contributed by atoms with van der Waals surface area (Å²) in [4.78, 5) is 13.3. The van der Waals surface area contributed by atoms with Gasteiger partial charge in [-0.1, -0.05) is 31.5 Å². The lowest BCUT2D eigenvalue weighted by Crippen LogP contribution is -2.22. The maximum absolute atomic E-state index is 11.1. The summed E-state index contributed by atoms with van der Waals surface area (Å²) in [7, 11) is 0. The van der Waals surface area contributed by atoms with Crippen LogP contribution in [0.5, 0.6) is 0 Å². The van der Waals surface area contributed by atoms with Crippen molar-refractivity contribution >= 4 is 23.6 Å². The number of nitrogens with zero attached hydrogens (tertiary/aromatic N) is 1. The average Bonchev–Trinajstić information content (AvgIpc) is 2.77. The van der Waals surface area contributed by atoms with E-state index in [1.165, 1.54) is 6.42 Å². The molecule has 0 spiro atoms. The van der Waals surface area contributed by atoms with Gasteiger partial charge < -0.3 is 4.90 Å². The van der Waals surface area contributed by atoms with Gasteiger partial charge >= 0.3 is 0 Å². The van der Waals surface area contributed by atoms with Crippen molar-refractivity contribution in [3.05, 3.63) is 28.8 Å². The maximum Gasteiger partial charge on any atom is 0.152 e. The predicted molar refractivity (Wildman–Crippen MR) is 72.0 cm³/mol. The first-order chi connectivity index (χ1) is 8.13. The minimum absolute atomic E-state index is 0.680. The number of hydrogen-bond acceptors (Lipinski definition) is 2. The number of halogens is 1. The molecule has 1 unspecified atom stereocenters.